The fourth-order valence-electron chi connectivity index (χ4n) is 3.88. The number of carbonyl (C=O) groups is 1. The fraction of sp³-hybridized carbons (Fsp3) is 0.409. The quantitative estimate of drug-likeness (QED) is 0.778. The van der Waals surface area contributed by atoms with Gasteiger partial charge in [0, 0.05) is 12.2 Å². The summed E-state index contributed by atoms with van der Waals surface area (Å²) in [7, 11) is 0. The summed E-state index contributed by atoms with van der Waals surface area (Å²) < 4.78 is 5.91. The van der Waals surface area contributed by atoms with Crippen LogP contribution in [0.1, 0.15) is 36.8 Å². The van der Waals surface area contributed by atoms with E-state index in [1.807, 2.05) is 36.4 Å². The van der Waals surface area contributed by atoms with Crippen molar-refractivity contribution < 1.29 is 14.6 Å². The maximum absolute atomic E-state index is 12.6. The van der Waals surface area contributed by atoms with Crippen LogP contribution in [0.2, 0.25) is 0 Å². The highest BCUT2D eigenvalue weighted by Crippen LogP contribution is 2.25. The van der Waals surface area contributed by atoms with Crippen molar-refractivity contribution in [3.8, 4) is 5.75 Å². The molecule has 1 saturated carbocycles. The summed E-state index contributed by atoms with van der Waals surface area (Å²) in [6, 6.07) is 15.4. The molecule has 0 spiro atoms. The van der Waals surface area contributed by atoms with E-state index in [1.54, 1.807) is 0 Å². The topological polar surface area (TPSA) is 70.6 Å². The molecule has 142 valence electrons. The number of rotatable bonds is 4. The van der Waals surface area contributed by atoms with Gasteiger partial charge in [0.15, 0.2) is 0 Å². The molecule has 1 heterocycles. The molecule has 27 heavy (non-hydrogen) atoms. The number of hydrogen-bond acceptors (Lipinski definition) is 4. The van der Waals surface area contributed by atoms with Gasteiger partial charge in [-0.1, -0.05) is 30.7 Å². The normalized spacial score (nSPS) is 24.7. The molecule has 3 atom stereocenters. The summed E-state index contributed by atoms with van der Waals surface area (Å²) in [5, 5.41) is 16.3. The Morgan fingerprint density at radius 2 is 1.78 bits per heavy atom. The van der Waals surface area contributed by atoms with Crippen LogP contribution in [0.15, 0.2) is 48.5 Å². The van der Waals surface area contributed by atoms with E-state index in [2.05, 4.69) is 22.8 Å². The van der Waals surface area contributed by atoms with Crippen molar-refractivity contribution >= 4 is 11.6 Å². The molecule has 0 radical (unpaired) electrons. The van der Waals surface area contributed by atoms with Crippen molar-refractivity contribution in [2.75, 3.05) is 5.32 Å². The van der Waals surface area contributed by atoms with Gasteiger partial charge in [-0.05, 0) is 61.1 Å². The molecule has 2 aliphatic rings. The molecule has 1 fully saturated rings. The number of amides is 1. The highest BCUT2D eigenvalue weighted by Gasteiger charge is 2.25. The predicted molar refractivity (Wildman–Crippen MR) is 105 cm³/mol. The smallest absolute Gasteiger partial charge is 0.241 e. The van der Waals surface area contributed by atoms with Crippen LogP contribution in [0.3, 0.4) is 0 Å². The van der Waals surface area contributed by atoms with Gasteiger partial charge in [0.1, 0.15) is 11.9 Å². The Labute approximate surface area is 159 Å². The van der Waals surface area contributed by atoms with Crippen molar-refractivity contribution in [1.82, 2.24) is 5.32 Å². The van der Waals surface area contributed by atoms with Gasteiger partial charge in [-0.3, -0.25) is 4.79 Å². The molecule has 5 heteroatoms. The minimum atomic E-state index is -0.390. The molecule has 5 nitrogen and oxygen atoms in total. The average Bonchev–Trinajstić information content (AvgIpc) is 2.71. The fourth-order valence-corrected chi connectivity index (χ4v) is 3.88. The number of benzene rings is 2. The van der Waals surface area contributed by atoms with Gasteiger partial charge in [0.25, 0.3) is 0 Å². The minimum Gasteiger partial charge on any atom is -0.488 e. The molecule has 1 amide bonds. The number of aliphatic hydroxyl groups is 1. The van der Waals surface area contributed by atoms with E-state index in [4.69, 9.17) is 4.74 Å². The van der Waals surface area contributed by atoms with Gasteiger partial charge < -0.3 is 20.5 Å². The second-order valence-electron chi connectivity index (χ2n) is 7.43. The first-order valence-electron chi connectivity index (χ1n) is 9.75. The second kappa shape index (κ2) is 8.11. The number of fused-ring (bicyclic) bond motifs is 1. The van der Waals surface area contributed by atoms with Gasteiger partial charge in [-0.15, -0.1) is 0 Å². The Kier molecular flexibility index (Phi) is 5.41. The van der Waals surface area contributed by atoms with Gasteiger partial charge in [0.05, 0.1) is 12.1 Å². The van der Waals surface area contributed by atoms with E-state index < -0.39 is 6.10 Å². The van der Waals surface area contributed by atoms with Crippen molar-refractivity contribution in [2.24, 2.45) is 0 Å². The maximum Gasteiger partial charge on any atom is 0.241 e. The van der Waals surface area contributed by atoms with Crippen molar-refractivity contribution in [1.29, 1.82) is 0 Å². The van der Waals surface area contributed by atoms with E-state index in [-0.39, 0.29) is 18.1 Å². The van der Waals surface area contributed by atoms with E-state index >= 15 is 0 Å². The Morgan fingerprint density at radius 1 is 1.04 bits per heavy atom. The molecule has 2 aromatic rings. The Bertz CT molecular complexity index is 790. The van der Waals surface area contributed by atoms with E-state index in [1.165, 1.54) is 11.1 Å². The van der Waals surface area contributed by atoms with Crippen molar-refractivity contribution in [3.05, 3.63) is 59.7 Å². The number of aliphatic hydroxyl groups excluding tert-OH is 1. The van der Waals surface area contributed by atoms with Crippen LogP contribution in [0.4, 0.5) is 5.69 Å². The van der Waals surface area contributed by atoms with Crippen LogP contribution in [0.25, 0.3) is 0 Å². The van der Waals surface area contributed by atoms with Gasteiger partial charge >= 0.3 is 0 Å². The van der Waals surface area contributed by atoms with Crippen LogP contribution in [-0.4, -0.2) is 29.3 Å². The zero-order valence-electron chi connectivity index (χ0n) is 15.4. The van der Waals surface area contributed by atoms with Crippen LogP contribution in [-0.2, 0) is 17.8 Å². The van der Waals surface area contributed by atoms with Crippen molar-refractivity contribution in [2.45, 2.75) is 56.9 Å². The number of hydrogen-bond donors (Lipinski definition) is 3. The summed E-state index contributed by atoms with van der Waals surface area (Å²) in [5.74, 6) is 0.699. The largest absolute Gasteiger partial charge is 0.488 e. The summed E-state index contributed by atoms with van der Waals surface area (Å²) in [4.78, 5) is 12.6. The Balaban J connectivity index is 1.34. The third kappa shape index (κ3) is 4.31. The third-order valence-electron chi connectivity index (χ3n) is 5.47. The van der Waals surface area contributed by atoms with Gasteiger partial charge in [-0.25, -0.2) is 0 Å². The SMILES string of the molecule is O=C(Nc1ccc(OC2CCCCC2O)cc1)C1Cc2ccccc2CN1. The monoisotopic (exact) mass is 366 g/mol. The van der Waals surface area contributed by atoms with Crippen molar-refractivity contribution in [3.63, 3.8) is 0 Å². The van der Waals surface area contributed by atoms with Gasteiger partial charge in [-0.2, -0.15) is 0 Å². The average molecular weight is 366 g/mol. The molecule has 3 N–H and O–H groups in total. The number of anilines is 1. The molecular formula is C22H26N2O3. The first-order chi connectivity index (χ1) is 13.2. The number of nitrogens with one attached hydrogen (secondary N) is 2. The number of carbonyl (C=O) groups excluding carboxylic acids is 1. The van der Waals surface area contributed by atoms with E-state index in [0.29, 0.717) is 13.0 Å². The molecule has 4 rings (SSSR count). The lowest BCUT2D eigenvalue weighted by atomic mass is 9.95. The molecule has 3 unspecified atom stereocenters. The maximum atomic E-state index is 12.6. The third-order valence-corrected chi connectivity index (χ3v) is 5.47. The Hall–Kier alpha value is -2.37. The highest BCUT2D eigenvalue weighted by atomic mass is 16.5. The van der Waals surface area contributed by atoms with E-state index in [0.717, 1.165) is 37.1 Å². The zero-order chi connectivity index (χ0) is 18.6. The summed E-state index contributed by atoms with van der Waals surface area (Å²) >= 11 is 0. The van der Waals surface area contributed by atoms with E-state index in [9.17, 15) is 9.90 Å². The molecule has 0 saturated heterocycles. The summed E-state index contributed by atoms with van der Waals surface area (Å²) in [6.07, 6.45) is 4.01. The highest BCUT2D eigenvalue weighted by molar-refractivity contribution is 5.95. The molecule has 2 aromatic carbocycles. The minimum absolute atomic E-state index is 0.0270. The molecular weight excluding hydrogens is 340 g/mol. The lowest BCUT2D eigenvalue weighted by molar-refractivity contribution is -0.118. The lowest BCUT2D eigenvalue weighted by Crippen LogP contribution is -2.44. The summed E-state index contributed by atoms with van der Waals surface area (Å²) in [5.41, 5.74) is 3.23. The zero-order valence-corrected chi connectivity index (χ0v) is 15.4. The molecule has 1 aliphatic carbocycles. The first-order valence-corrected chi connectivity index (χ1v) is 9.75. The Morgan fingerprint density at radius 3 is 2.56 bits per heavy atom. The second-order valence-corrected chi connectivity index (χ2v) is 7.43. The van der Waals surface area contributed by atoms with Gasteiger partial charge in [0.2, 0.25) is 5.91 Å². The lowest BCUT2D eigenvalue weighted by Gasteiger charge is -2.28. The van der Waals surface area contributed by atoms with Crippen LogP contribution >= 0.6 is 0 Å². The van der Waals surface area contributed by atoms with Crippen LogP contribution < -0.4 is 15.4 Å². The molecule has 0 aromatic heterocycles. The van der Waals surface area contributed by atoms with Crippen LogP contribution in [0, 0.1) is 0 Å². The number of ether oxygens (including phenoxy) is 1. The molecule has 1 aliphatic heterocycles. The predicted octanol–water partition coefficient (Wildman–Crippen LogP) is 3.02. The molecule has 0 bridgehead atoms. The first kappa shape index (κ1) is 18.0. The standard InChI is InChI=1S/C22H26N2O3/c25-20-7-3-4-8-21(20)27-18-11-9-17(10-12-18)24-22(26)19-13-15-5-1-2-6-16(15)14-23-19/h1-2,5-6,9-12,19-21,23,25H,3-4,7-8,13-14H2,(H,24,26). The van der Waals surface area contributed by atoms with Crippen LogP contribution in [0.5, 0.6) is 5.75 Å². The summed E-state index contributed by atoms with van der Waals surface area (Å²) in [6.45, 7) is 0.713.